The summed E-state index contributed by atoms with van der Waals surface area (Å²) in [6.07, 6.45) is 4.01. The van der Waals surface area contributed by atoms with Gasteiger partial charge in [-0.1, -0.05) is 26.8 Å². The molecule has 1 aromatic heterocycles. The number of pyridine rings is 1. The standard InChI is InChI=1S/C20H34N6O/c1-20(2,3)18(27)23-11-12-24-19(21-4)25-16-8-13-26(14-9-16)15-17-7-5-6-10-22-17/h5-7,10,16H,8-9,11-15H2,1-4H3,(H,23,27)(H2,21,24,25). The number of carbonyl (C=O) groups is 1. The number of hydrogen-bond acceptors (Lipinski definition) is 4. The second-order valence-electron chi connectivity index (χ2n) is 8.02. The van der Waals surface area contributed by atoms with Gasteiger partial charge < -0.3 is 16.0 Å². The lowest BCUT2D eigenvalue weighted by Gasteiger charge is -2.32. The van der Waals surface area contributed by atoms with Gasteiger partial charge in [0.05, 0.1) is 5.69 Å². The van der Waals surface area contributed by atoms with E-state index in [1.54, 1.807) is 7.05 Å². The van der Waals surface area contributed by atoms with Gasteiger partial charge in [-0.05, 0) is 25.0 Å². The van der Waals surface area contributed by atoms with Crippen molar-refractivity contribution in [1.29, 1.82) is 0 Å². The van der Waals surface area contributed by atoms with Gasteiger partial charge >= 0.3 is 0 Å². The number of carbonyl (C=O) groups excluding carboxylic acids is 1. The molecule has 1 aliphatic heterocycles. The molecule has 0 radical (unpaired) electrons. The lowest BCUT2D eigenvalue weighted by molar-refractivity contribution is -0.128. The summed E-state index contributed by atoms with van der Waals surface area (Å²) in [5.74, 6) is 0.857. The Morgan fingerprint density at radius 3 is 2.52 bits per heavy atom. The molecule has 1 aromatic rings. The summed E-state index contributed by atoms with van der Waals surface area (Å²) in [5.41, 5.74) is 0.766. The molecule has 0 spiro atoms. The number of hydrogen-bond donors (Lipinski definition) is 3. The third kappa shape index (κ3) is 7.54. The van der Waals surface area contributed by atoms with Crippen LogP contribution in [0.3, 0.4) is 0 Å². The van der Waals surface area contributed by atoms with E-state index in [0.29, 0.717) is 19.1 Å². The zero-order valence-corrected chi connectivity index (χ0v) is 17.1. The van der Waals surface area contributed by atoms with Crippen LogP contribution in [-0.4, -0.2) is 61.0 Å². The van der Waals surface area contributed by atoms with Crippen LogP contribution in [0.25, 0.3) is 0 Å². The van der Waals surface area contributed by atoms with Gasteiger partial charge in [0.2, 0.25) is 5.91 Å². The molecule has 2 heterocycles. The fourth-order valence-electron chi connectivity index (χ4n) is 2.97. The molecule has 0 atom stereocenters. The summed E-state index contributed by atoms with van der Waals surface area (Å²) < 4.78 is 0. The number of nitrogens with one attached hydrogen (secondary N) is 3. The maximum absolute atomic E-state index is 11.9. The van der Waals surface area contributed by atoms with Gasteiger partial charge in [0, 0.05) is 57.4 Å². The summed E-state index contributed by atoms with van der Waals surface area (Å²) in [7, 11) is 1.78. The number of rotatable bonds is 6. The van der Waals surface area contributed by atoms with Gasteiger partial charge in [-0.15, -0.1) is 0 Å². The third-order valence-electron chi connectivity index (χ3n) is 4.65. The zero-order chi connectivity index (χ0) is 19.7. The lowest BCUT2D eigenvalue weighted by Crippen LogP contribution is -2.50. The second kappa shape index (κ2) is 10.3. The topological polar surface area (TPSA) is 81.6 Å². The normalized spacial score (nSPS) is 16.8. The molecule has 27 heavy (non-hydrogen) atoms. The average Bonchev–Trinajstić information content (AvgIpc) is 2.65. The van der Waals surface area contributed by atoms with E-state index in [-0.39, 0.29) is 11.3 Å². The predicted octanol–water partition coefficient (Wildman–Crippen LogP) is 1.37. The number of nitrogens with zero attached hydrogens (tertiary/aromatic N) is 3. The minimum absolute atomic E-state index is 0.0625. The molecule has 1 saturated heterocycles. The Hall–Kier alpha value is -2.15. The highest BCUT2D eigenvalue weighted by Gasteiger charge is 2.21. The van der Waals surface area contributed by atoms with Crippen molar-refractivity contribution in [2.24, 2.45) is 10.4 Å². The van der Waals surface area contributed by atoms with Gasteiger partial charge in [0.25, 0.3) is 0 Å². The highest BCUT2D eigenvalue weighted by molar-refractivity contribution is 5.82. The van der Waals surface area contributed by atoms with Crippen molar-refractivity contribution in [1.82, 2.24) is 25.8 Å². The number of amides is 1. The Kier molecular flexibility index (Phi) is 8.03. The number of aromatic nitrogens is 1. The van der Waals surface area contributed by atoms with Crippen LogP contribution in [-0.2, 0) is 11.3 Å². The molecule has 7 nitrogen and oxygen atoms in total. The molecule has 0 aromatic carbocycles. The van der Waals surface area contributed by atoms with Crippen molar-refractivity contribution in [3.05, 3.63) is 30.1 Å². The van der Waals surface area contributed by atoms with E-state index in [9.17, 15) is 4.79 Å². The smallest absolute Gasteiger partial charge is 0.225 e. The Bertz CT molecular complexity index is 603. The fraction of sp³-hybridized carbons (Fsp3) is 0.650. The van der Waals surface area contributed by atoms with Gasteiger partial charge in [0.15, 0.2) is 5.96 Å². The number of piperidine rings is 1. The lowest BCUT2D eigenvalue weighted by atomic mass is 9.96. The third-order valence-corrected chi connectivity index (χ3v) is 4.65. The summed E-state index contributed by atoms with van der Waals surface area (Å²) in [4.78, 5) is 23.0. The largest absolute Gasteiger partial charge is 0.355 e. The van der Waals surface area contributed by atoms with Crippen molar-refractivity contribution in [3.63, 3.8) is 0 Å². The Labute approximate surface area is 163 Å². The van der Waals surface area contributed by atoms with Crippen LogP contribution < -0.4 is 16.0 Å². The average molecular weight is 375 g/mol. The van der Waals surface area contributed by atoms with Crippen molar-refractivity contribution in [2.75, 3.05) is 33.2 Å². The minimum Gasteiger partial charge on any atom is -0.355 e. The molecule has 0 aliphatic carbocycles. The first kappa shape index (κ1) is 21.2. The molecular weight excluding hydrogens is 340 g/mol. The minimum atomic E-state index is -0.358. The van der Waals surface area contributed by atoms with Crippen molar-refractivity contribution in [3.8, 4) is 0 Å². The van der Waals surface area contributed by atoms with Crippen LogP contribution in [0.5, 0.6) is 0 Å². The van der Waals surface area contributed by atoms with Gasteiger partial charge in [0.1, 0.15) is 0 Å². The molecule has 7 heteroatoms. The molecule has 0 bridgehead atoms. The molecule has 0 saturated carbocycles. The second-order valence-corrected chi connectivity index (χ2v) is 8.02. The first-order valence-electron chi connectivity index (χ1n) is 9.76. The first-order valence-corrected chi connectivity index (χ1v) is 9.76. The van der Waals surface area contributed by atoms with Gasteiger partial charge in [-0.25, -0.2) is 0 Å². The van der Waals surface area contributed by atoms with E-state index >= 15 is 0 Å². The number of guanidine groups is 1. The van der Waals surface area contributed by atoms with Crippen molar-refractivity contribution in [2.45, 2.75) is 46.2 Å². The van der Waals surface area contributed by atoms with Crippen LogP contribution in [0.2, 0.25) is 0 Å². The zero-order valence-electron chi connectivity index (χ0n) is 17.1. The molecule has 3 N–H and O–H groups in total. The summed E-state index contributed by atoms with van der Waals surface area (Å²) in [6, 6.07) is 6.48. The highest BCUT2D eigenvalue weighted by Crippen LogP contribution is 2.13. The van der Waals surface area contributed by atoms with Crippen LogP contribution in [0.4, 0.5) is 0 Å². The van der Waals surface area contributed by atoms with Crippen molar-refractivity contribution < 1.29 is 4.79 Å². The molecule has 1 aliphatic rings. The molecule has 2 rings (SSSR count). The SMILES string of the molecule is CN=C(NCCNC(=O)C(C)(C)C)NC1CCN(Cc2ccccn2)CC1. The van der Waals surface area contributed by atoms with Crippen molar-refractivity contribution >= 4 is 11.9 Å². The molecule has 1 amide bonds. The summed E-state index contributed by atoms with van der Waals surface area (Å²) in [5, 5.41) is 9.71. The van der Waals surface area contributed by atoms with E-state index in [4.69, 9.17) is 0 Å². The quantitative estimate of drug-likeness (QED) is 0.398. The van der Waals surface area contributed by atoms with E-state index in [1.165, 1.54) is 0 Å². The first-order chi connectivity index (χ1) is 12.9. The molecule has 0 unspecified atom stereocenters. The Morgan fingerprint density at radius 1 is 1.22 bits per heavy atom. The predicted molar refractivity (Wildman–Crippen MR) is 109 cm³/mol. The van der Waals surface area contributed by atoms with Gasteiger partial charge in [-0.2, -0.15) is 0 Å². The van der Waals surface area contributed by atoms with E-state index in [2.05, 4.69) is 36.9 Å². The molecule has 150 valence electrons. The molecule has 1 fully saturated rings. The van der Waals surface area contributed by atoms with Crippen LogP contribution in [0.1, 0.15) is 39.3 Å². The van der Waals surface area contributed by atoms with E-state index < -0.39 is 0 Å². The maximum Gasteiger partial charge on any atom is 0.225 e. The van der Waals surface area contributed by atoms with E-state index in [0.717, 1.165) is 44.1 Å². The highest BCUT2D eigenvalue weighted by atomic mass is 16.2. The summed E-state index contributed by atoms with van der Waals surface area (Å²) >= 11 is 0. The van der Waals surface area contributed by atoms with Crippen LogP contribution in [0, 0.1) is 5.41 Å². The Balaban J connectivity index is 1.65. The number of likely N-dealkylation sites (tertiary alicyclic amines) is 1. The fourth-order valence-corrected chi connectivity index (χ4v) is 2.97. The van der Waals surface area contributed by atoms with Gasteiger partial charge in [-0.3, -0.25) is 19.7 Å². The van der Waals surface area contributed by atoms with Crippen LogP contribution >= 0.6 is 0 Å². The van der Waals surface area contributed by atoms with Crippen LogP contribution in [0.15, 0.2) is 29.4 Å². The molecular formula is C20H34N6O. The monoisotopic (exact) mass is 374 g/mol. The maximum atomic E-state index is 11.9. The summed E-state index contributed by atoms with van der Waals surface area (Å²) in [6.45, 7) is 9.98. The van der Waals surface area contributed by atoms with E-state index in [1.807, 2.05) is 39.1 Å². The Morgan fingerprint density at radius 2 is 1.93 bits per heavy atom. The number of aliphatic imine (C=N–C) groups is 1.